The van der Waals surface area contributed by atoms with Gasteiger partial charge in [-0.1, -0.05) is 0 Å². The van der Waals surface area contributed by atoms with Crippen LogP contribution in [-0.2, 0) is 13.8 Å². The lowest BCUT2D eigenvalue weighted by Gasteiger charge is -2.15. The van der Waals surface area contributed by atoms with E-state index in [1.807, 2.05) is 0 Å². The van der Waals surface area contributed by atoms with Crippen LogP contribution in [0.25, 0.3) is 0 Å². The summed E-state index contributed by atoms with van der Waals surface area (Å²) in [5.74, 6) is -1.58. The number of nitro benzene ring substituents is 1. The summed E-state index contributed by atoms with van der Waals surface area (Å²) in [7, 11) is 1.28. The van der Waals surface area contributed by atoms with Gasteiger partial charge in [-0.25, -0.2) is 8.42 Å². The summed E-state index contributed by atoms with van der Waals surface area (Å²) < 4.78 is 35.6. The Kier molecular flexibility index (Phi) is 3.65. The number of anilines is 1. The first-order valence-electron chi connectivity index (χ1n) is 5.38. The summed E-state index contributed by atoms with van der Waals surface area (Å²) in [6.45, 7) is -0.215. The van der Waals surface area contributed by atoms with Crippen LogP contribution in [0.1, 0.15) is 6.42 Å². The topological polar surface area (TPSA) is 97.6 Å². The third-order valence-corrected chi connectivity index (χ3v) is 4.79. The van der Waals surface area contributed by atoms with E-state index >= 15 is 0 Å². The summed E-state index contributed by atoms with van der Waals surface area (Å²) in [4.78, 5) is 22.5. The van der Waals surface area contributed by atoms with Crippen LogP contribution in [-0.4, -0.2) is 31.0 Å². The van der Waals surface area contributed by atoms with Crippen molar-refractivity contribution in [3.05, 3.63) is 34.1 Å². The van der Waals surface area contributed by atoms with Crippen LogP contribution in [0.5, 0.6) is 0 Å². The number of amides is 1. The summed E-state index contributed by atoms with van der Waals surface area (Å²) in [5, 5.41) is 9.56. The fourth-order valence-electron chi connectivity index (χ4n) is 1.92. The summed E-state index contributed by atoms with van der Waals surface area (Å²) in [5.41, 5.74) is -0.724. The zero-order valence-corrected chi connectivity index (χ0v) is 11.4. The van der Waals surface area contributed by atoms with Gasteiger partial charge in [0.1, 0.15) is 5.25 Å². The van der Waals surface area contributed by atoms with Crippen LogP contribution >= 0.6 is 10.7 Å². The molecule has 1 aromatic rings. The molecule has 0 aromatic heterocycles. The van der Waals surface area contributed by atoms with Gasteiger partial charge in [-0.2, -0.15) is 4.39 Å². The average Bonchev–Trinajstić information content (AvgIpc) is 2.71. The molecule has 1 atom stereocenters. The second kappa shape index (κ2) is 4.98. The van der Waals surface area contributed by atoms with Crippen molar-refractivity contribution in [3.8, 4) is 0 Å². The average molecular weight is 323 g/mol. The Hall–Kier alpha value is -1.74. The largest absolute Gasteiger partial charge is 0.311 e. The number of benzene rings is 1. The number of hydrogen-bond acceptors (Lipinski definition) is 5. The fraction of sp³-hybridized carbons (Fsp3) is 0.300. The van der Waals surface area contributed by atoms with E-state index in [0.717, 1.165) is 17.0 Å². The van der Waals surface area contributed by atoms with Crippen molar-refractivity contribution < 1.29 is 22.5 Å². The standard InChI is InChI=1S/C10H8ClFN2O5S/c11-20(18,19)7-4-10(15)13(5-7)6-1-2-8(12)9(3-6)14(16)17/h1-3,7H,4-5H2. The Morgan fingerprint density at radius 1 is 1.45 bits per heavy atom. The maximum atomic E-state index is 13.2. The van der Waals surface area contributed by atoms with E-state index in [0.29, 0.717) is 0 Å². The Morgan fingerprint density at radius 3 is 2.60 bits per heavy atom. The molecule has 1 saturated heterocycles. The maximum absolute atomic E-state index is 13.2. The number of carbonyl (C=O) groups is 1. The molecule has 1 heterocycles. The van der Waals surface area contributed by atoms with E-state index in [9.17, 15) is 27.7 Å². The third-order valence-electron chi connectivity index (χ3n) is 2.93. The predicted octanol–water partition coefficient (Wildman–Crippen LogP) is 1.41. The zero-order valence-electron chi connectivity index (χ0n) is 9.82. The van der Waals surface area contributed by atoms with Gasteiger partial charge in [0.15, 0.2) is 0 Å². The molecule has 108 valence electrons. The second-order valence-corrected chi connectivity index (χ2v) is 7.11. The fourth-order valence-corrected chi connectivity index (χ4v) is 2.95. The first kappa shape index (κ1) is 14.7. The van der Waals surface area contributed by atoms with Crippen LogP contribution in [0.2, 0.25) is 0 Å². The van der Waals surface area contributed by atoms with E-state index in [4.69, 9.17) is 10.7 Å². The molecule has 10 heteroatoms. The highest BCUT2D eigenvalue weighted by atomic mass is 35.7. The van der Waals surface area contributed by atoms with Crippen molar-refractivity contribution >= 4 is 37.0 Å². The molecular formula is C10H8ClFN2O5S. The molecule has 0 radical (unpaired) electrons. The second-order valence-electron chi connectivity index (χ2n) is 4.20. The lowest BCUT2D eigenvalue weighted by molar-refractivity contribution is -0.387. The molecule has 0 N–H and O–H groups in total. The van der Waals surface area contributed by atoms with Gasteiger partial charge in [-0.05, 0) is 12.1 Å². The van der Waals surface area contributed by atoms with Crippen molar-refractivity contribution in [3.63, 3.8) is 0 Å². The predicted molar refractivity (Wildman–Crippen MR) is 68.6 cm³/mol. The van der Waals surface area contributed by atoms with Crippen molar-refractivity contribution in [1.29, 1.82) is 0 Å². The number of nitro groups is 1. The normalized spacial score (nSPS) is 19.4. The minimum atomic E-state index is -3.91. The molecule has 0 saturated carbocycles. The molecule has 0 spiro atoms. The molecule has 2 rings (SSSR count). The number of carbonyl (C=O) groups excluding carboxylic acids is 1. The Labute approximate surface area is 117 Å². The highest BCUT2D eigenvalue weighted by Crippen LogP contribution is 2.30. The van der Waals surface area contributed by atoms with E-state index in [-0.39, 0.29) is 18.7 Å². The minimum absolute atomic E-state index is 0.0610. The van der Waals surface area contributed by atoms with Gasteiger partial charge in [-0.3, -0.25) is 14.9 Å². The lowest BCUT2D eigenvalue weighted by Crippen LogP contribution is -2.26. The Morgan fingerprint density at radius 2 is 2.10 bits per heavy atom. The summed E-state index contributed by atoms with van der Waals surface area (Å²) >= 11 is 0. The number of halogens is 2. The minimum Gasteiger partial charge on any atom is -0.311 e. The Balaban J connectivity index is 2.36. The van der Waals surface area contributed by atoms with Crippen LogP contribution in [0.3, 0.4) is 0 Å². The lowest BCUT2D eigenvalue weighted by atomic mass is 10.2. The molecule has 1 aliphatic rings. The first-order chi connectivity index (χ1) is 9.20. The van der Waals surface area contributed by atoms with Crippen molar-refractivity contribution in [2.24, 2.45) is 0 Å². The maximum Gasteiger partial charge on any atom is 0.306 e. The van der Waals surface area contributed by atoms with Gasteiger partial charge in [0.25, 0.3) is 0 Å². The molecule has 1 fully saturated rings. The molecule has 20 heavy (non-hydrogen) atoms. The van der Waals surface area contributed by atoms with Crippen LogP contribution in [0.15, 0.2) is 18.2 Å². The van der Waals surface area contributed by atoms with Gasteiger partial charge in [0.2, 0.25) is 20.8 Å². The van der Waals surface area contributed by atoms with Crippen LogP contribution in [0, 0.1) is 15.9 Å². The molecule has 0 aliphatic carbocycles. The number of rotatable bonds is 3. The van der Waals surface area contributed by atoms with E-state index < -0.39 is 36.6 Å². The van der Waals surface area contributed by atoms with Gasteiger partial charge < -0.3 is 4.90 Å². The van der Waals surface area contributed by atoms with E-state index in [2.05, 4.69) is 0 Å². The van der Waals surface area contributed by atoms with Crippen LogP contribution in [0.4, 0.5) is 15.8 Å². The summed E-state index contributed by atoms with van der Waals surface area (Å²) in [6, 6.07) is 2.91. The zero-order chi connectivity index (χ0) is 15.1. The van der Waals surface area contributed by atoms with Crippen LogP contribution < -0.4 is 4.90 Å². The van der Waals surface area contributed by atoms with Crippen molar-refractivity contribution in [2.45, 2.75) is 11.7 Å². The molecular weight excluding hydrogens is 315 g/mol. The SMILES string of the molecule is O=C1CC(S(=O)(=O)Cl)CN1c1ccc(F)c([N+](=O)[O-])c1. The van der Waals surface area contributed by atoms with Gasteiger partial charge in [0, 0.05) is 29.7 Å². The quantitative estimate of drug-likeness (QED) is 0.476. The highest BCUT2D eigenvalue weighted by molar-refractivity contribution is 8.14. The van der Waals surface area contributed by atoms with Gasteiger partial charge in [-0.15, -0.1) is 0 Å². The number of nitrogens with zero attached hydrogens (tertiary/aromatic N) is 2. The van der Waals surface area contributed by atoms with Crippen molar-refractivity contribution in [1.82, 2.24) is 0 Å². The molecule has 1 amide bonds. The Bertz CT molecular complexity index is 693. The molecule has 1 aromatic carbocycles. The van der Waals surface area contributed by atoms with E-state index in [1.54, 1.807) is 0 Å². The number of hydrogen-bond donors (Lipinski definition) is 0. The summed E-state index contributed by atoms with van der Waals surface area (Å²) in [6.07, 6.45) is -0.309. The molecule has 1 unspecified atom stereocenters. The monoisotopic (exact) mass is 322 g/mol. The third kappa shape index (κ3) is 2.73. The van der Waals surface area contributed by atoms with E-state index in [1.165, 1.54) is 6.07 Å². The highest BCUT2D eigenvalue weighted by Gasteiger charge is 2.38. The molecule has 0 bridgehead atoms. The molecule has 7 nitrogen and oxygen atoms in total. The van der Waals surface area contributed by atoms with Crippen molar-refractivity contribution in [2.75, 3.05) is 11.4 Å². The molecule has 1 aliphatic heterocycles. The smallest absolute Gasteiger partial charge is 0.306 e. The van der Waals surface area contributed by atoms with Gasteiger partial charge >= 0.3 is 5.69 Å². The van der Waals surface area contributed by atoms with Gasteiger partial charge in [0.05, 0.1) is 10.6 Å². The first-order valence-corrected chi connectivity index (χ1v) is 7.75.